The van der Waals surface area contributed by atoms with Crippen molar-refractivity contribution in [1.29, 1.82) is 0 Å². The van der Waals surface area contributed by atoms with Gasteiger partial charge < -0.3 is 0 Å². The number of hydrogen-bond donors (Lipinski definition) is 0. The molecule has 0 N–H and O–H groups in total. The van der Waals surface area contributed by atoms with E-state index in [0.29, 0.717) is 0 Å². The standard InChI is InChI=1S/C15H14Si/c1-16(15-10-6-3-7-11-15)13-12-14-8-4-2-5-9-14/h2-11,16H,1H3. The summed E-state index contributed by atoms with van der Waals surface area (Å²) < 4.78 is 0. The maximum Gasteiger partial charge on any atom is 0.150 e. The van der Waals surface area contributed by atoms with Crippen LogP contribution in [-0.4, -0.2) is 8.80 Å². The maximum absolute atomic E-state index is 3.40. The Kier molecular flexibility index (Phi) is 3.58. The van der Waals surface area contributed by atoms with Gasteiger partial charge in [0, 0.05) is 5.56 Å². The Hall–Kier alpha value is -1.78. The second kappa shape index (κ2) is 5.34. The predicted octanol–water partition coefficient (Wildman–Crippen LogP) is 2.34. The molecule has 0 fully saturated rings. The van der Waals surface area contributed by atoms with Gasteiger partial charge in [0.25, 0.3) is 0 Å². The number of rotatable bonds is 1. The summed E-state index contributed by atoms with van der Waals surface area (Å²) in [5.74, 6) is 3.25. The van der Waals surface area contributed by atoms with E-state index in [2.05, 4.69) is 60.5 Å². The van der Waals surface area contributed by atoms with Crippen LogP contribution in [0.4, 0.5) is 0 Å². The topological polar surface area (TPSA) is 0 Å². The molecule has 2 aromatic rings. The fourth-order valence-corrected chi connectivity index (χ4v) is 2.89. The van der Waals surface area contributed by atoms with E-state index in [4.69, 9.17) is 0 Å². The molecule has 0 amide bonds. The molecular formula is C15H14Si. The van der Waals surface area contributed by atoms with E-state index in [1.165, 1.54) is 5.19 Å². The fraction of sp³-hybridized carbons (Fsp3) is 0.0667. The molecule has 78 valence electrons. The lowest BCUT2D eigenvalue weighted by molar-refractivity contribution is 1.65. The van der Waals surface area contributed by atoms with Crippen LogP contribution in [0.1, 0.15) is 5.56 Å². The third-order valence-corrected chi connectivity index (χ3v) is 4.47. The fourth-order valence-electron chi connectivity index (χ4n) is 1.54. The minimum absolute atomic E-state index is 1.09. The summed E-state index contributed by atoms with van der Waals surface area (Å²) in [5.41, 5.74) is 4.51. The second-order valence-electron chi connectivity index (χ2n) is 3.77. The van der Waals surface area contributed by atoms with Crippen molar-refractivity contribution in [2.75, 3.05) is 0 Å². The van der Waals surface area contributed by atoms with Crippen molar-refractivity contribution in [1.82, 2.24) is 0 Å². The molecule has 0 aliphatic heterocycles. The Bertz CT molecular complexity index is 491. The monoisotopic (exact) mass is 222 g/mol. The zero-order chi connectivity index (χ0) is 11.2. The van der Waals surface area contributed by atoms with Crippen molar-refractivity contribution >= 4 is 14.0 Å². The molecular weight excluding hydrogens is 208 g/mol. The molecule has 1 unspecified atom stereocenters. The van der Waals surface area contributed by atoms with Crippen LogP contribution in [0.2, 0.25) is 6.55 Å². The quantitative estimate of drug-likeness (QED) is 0.513. The van der Waals surface area contributed by atoms with Crippen LogP contribution < -0.4 is 5.19 Å². The third-order valence-electron chi connectivity index (χ3n) is 2.51. The molecule has 2 aromatic carbocycles. The first-order chi connectivity index (χ1) is 7.86. The van der Waals surface area contributed by atoms with Crippen molar-refractivity contribution in [2.45, 2.75) is 6.55 Å². The molecule has 0 bridgehead atoms. The molecule has 16 heavy (non-hydrogen) atoms. The van der Waals surface area contributed by atoms with Crippen LogP contribution in [0.5, 0.6) is 0 Å². The van der Waals surface area contributed by atoms with E-state index in [1.54, 1.807) is 0 Å². The Labute approximate surface area is 98.6 Å². The van der Waals surface area contributed by atoms with Gasteiger partial charge in [-0.1, -0.05) is 61.0 Å². The first-order valence-electron chi connectivity index (χ1n) is 5.48. The molecule has 0 aliphatic rings. The van der Waals surface area contributed by atoms with Crippen LogP contribution in [0, 0.1) is 11.5 Å². The van der Waals surface area contributed by atoms with Gasteiger partial charge in [-0.2, -0.15) is 0 Å². The van der Waals surface area contributed by atoms with Crippen molar-refractivity contribution < 1.29 is 0 Å². The van der Waals surface area contributed by atoms with Gasteiger partial charge in [-0.3, -0.25) is 0 Å². The molecule has 0 saturated carbocycles. The highest BCUT2D eigenvalue weighted by Gasteiger charge is 2.01. The van der Waals surface area contributed by atoms with Gasteiger partial charge in [0.15, 0.2) is 8.80 Å². The van der Waals surface area contributed by atoms with Gasteiger partial charge in [-0.05, 0) is 17.3 Å². The minimum Gasteiger partial charge on any atom is -0.125 e. The van der Waals surface area contributed by atoms with Crippen molar-refractivity contribution in [3.05, 3.63) is 66.2 Å². The van der Waals surface area contributed by atoms with Gasteiger partial charge in [-0.15, -0.1) is 5.54 Å². The highest BCUT2D eigenvalue weighted by Crippen LogP contribution is 1.95. The van der Waals surface area contributed by atoms with Crippen molar-refractivity contribution in [3.8, 4) is 11.5 Å². The van der Waals surface area contributed by atoms with Gasteiger partial charge in [0.2, 0.25) is 0 Å². The van der Waals surface area contributed by atoms with Crippen LogP contribution in [0.25, 0.3) is 0 Å². The molecule has 2 rings (SSSR count). The summed E-state index contributed by atoms with van der Waals surface area (Å²) >= 11 is 0. The molecule has 1 heteroatoms. The van der Waals surface area contributed by atoms with Crippen molar-refractivity contribution in [3.63, 3.8) is 0 Å². The zero-order valence-corrected chi connectivity index (χ0v) is 10.5. The Morgan fingerprint density at radius 3 is 2.00 bits per heavy atom. The molecule has 0 aromatic heterocycles. The Balaban J connectivity index is 2.15. The largest absolute Gasteiger partial charge is 0.150 e. The first-order valence-corrected chi connectivity index (χ1v) is 7.79. The summed E-state index contributed by atoms with van der Waals surface area (Å²) in [7, 11) is -1.09. The van der Waals surface area contributed by atoms with E-state index < -0.39 is 8.80 Å². The predicted molar refractivity (Wildman–Crippen MR) is 72.4 cm³/mol. The van der Waals surface area contributed by atoms with Gasteiger partial charge in [-0.25, -0.2) is 0 Å². The zero-order valence-electron chi connectivity index (χ0n) is 9.35. The number of benzene rings is 2. The highest BCUT2D eigenvalue weighted by atomic mass is 28.3. The normalized spacial score (nSPS) is 11.3. The van der Waals surface area contributed by atoms with Gasteiger partial charge >= 0.3 is 0 Å². The second-order valence-corrected chi connectivity index (χ2v) is 6.17. The molecule has 0 heterocycles. The summed E-state index contributed by atoms with van der Waals surface area (Å²) in [6.07, 6.45) is 0. The SMILES string of the molecule is C[SiH](C#Cc1ccccc1)c1ccccc1. The lowest BCUT2D eigenvalue weighted by atomic mass is 10.2. The Morgan fingerprint density at radius 2 is 1.38 bits per heavy atom. The summed E-state index contributed by atoms with van der Waals surface area (Å²) in [4.78, 5) is 0. The highest BCUT2D eigenvalue weighted by molar-refractivity contribution is 6.79. The Morgan fingerprint density at radius 1 is 0.812 bits per heavy atom. The van der Waals surface area contributed by atoms with E-state index in [9.17, 15) is 0 Å². The lowest BCUT2D eigenvalue weighted by Crippen LogP contribution is -2.24. The third kappa shape index (κ3) is 2.85. The summed E-state index contributed by atoms with van der Waals surface area (Å²) in [6, 6.07) is 20.8. The molecule has 0 aliphatic carbocycles. The average molecular weight is 222 g/mol. The van der Waals surface area contributed by atoms with Crippen LogP contribution >= 0.6 is 0 Å². The molecule has 0 saturated heterocycles. The van der Waals surface area contributed by atoms with Gasteiger partial charge in [0.05, 0.1) is 0 Å². The molecule has 0 spiro atoms. The first kappa shape index (κ1) is 10.7. The van der Waals surface area contributed by atoms with Crippen LogP contribution in [-0.2, 0) is 0 Å². The van der Waals surface area contributed by atoms with E-state index in [-0.39, 0.29) is 0 Å². The van der Waals surface area contributed by atoms with Gasteiger partial charge in [0.1, 0.15) is 0 Å². The van der Waals surface area contributed by atoms with Crippen molar-refractivity contribution in [2.24, 2.45) is 0 Å². The van der Waals surface area contributed by atoms with Crippen LogP contribution in [0.15, 0.2) is 60.7 Å². The molecule has 0 nitrogen and oxygen atoms in total. The molecule has 1 atom stereocenters. The minimum atomic E-state index is -1.09. The van der Waals surface area contributed by atoms with E-state index in [1.807, 2.05) is 18.2 Å². The smallest absolute Gasteiger partial charge is 0.125 e. The average Bonchev–Trinajstić information content (AvgIpc) is 2.38. The number of hydrogen-bond acceptors (Lipinski definition) is 0. The van der Waals surface area contributed by atoms with Crippen LogP contribution in [0.3, 0.4) is 0 Å². The molecule has 0 radical (unpaired) electrons. The maximum atomic E-state index is 3.40. The summed E-state index contributed by atoms with van der Waals surface area (Å²) in [6.45, 7) is 2.27. The van der Waals surface area contributed by atoms with E-state index >= 15 is 0 Å². The lowest BCUT2D eigenvalue weighted by Gasteiger charge is -2.00. The van der Waals surface area contributed by atoms with E-state index in [0.717, 1.165) is 5.56 Å². The summed E-state index contributed by atoms with van der Waals surface area (Å²) in [5, 5.41) is 1.41.